The molecule has 3 rings (SSSR count). The third kappa shape index (κ3) is 3.09. The number of likely N-dealkylation sites (tertiary alicyclic amines) is 1. The van der Waals surface area contributed by atoms with Crippen molar-refractivity contribution in [2.75, 3.05) is 11.9 Å². The fourth-order valence-electron chi connectivity index (χ4n) is 2.94. The maximum Gasteiger partial charge on any atom is 0.322 e. The smallest absolute Gasteiger partial charge is 0.317 e. The van der Waals surface area contributed by atoms with Gasteiger partial charge in [-0.3, -0.25) is 0 Å². The van der Waals surface area contributed by atoms with Crippen molar-refractivity contribution in [3.63, 3.8) is 0 Å². The lowest BCUT2D eigenvalue weighted by atomic mass is 10.1. The molecule has 4 heteroatoms. The molecule has 0 radical (unpaired) electrons. The van der Waals surface area contributed by atoms with Gasteiger partial charge in [-0.2, -0.15) is 0 Å². The normalized spacial score (nSPS) is 17.5. The highest BCUT2D eigenvalue weighted by Gasteiger charge is 2.30. The molecule has 2 aromatic rings. The Bertz CT molecular complexity index is 669. The highest BCUT2D eigenvalue weighted by atomic mass is 35.5. The van der Waals surface area contributed by atoms with E-state index in [0.717, 1.165) is 41.2 Å². The molecule has 1 aliphatic heterocycles. The van der Waals surface area contributed by atoms with Crippen LogP contribution in [0, 0.1) is 6.92 Å². The van der Waals surface area contributed by atoms with E-state index in [4.69, 9.17) is 11.6 Å². The van der Waals surface area contributed by atoms with Crippen molar-refractivity contribution >= 4 is 23.3 Å². The van der Waals surface area contributed by atoms with Crippen LogP contribution < -0.4 is 5.32 Å². The lowest BCUT2D eigenvalue weighted by molar-refractivity contribution is 0.207. The number of nitrogens with one attached hydrogen (secondary N) is 1. The average molecular weight is 315 g/mol. The van der Waals surface area contributed by atoms with Crippen LogP contribution in [0.1, 0.15) is 30.0 Å². The summed E-state index contributed by atoms with van der Waals surface area (Å²) in [5, 5.41) is 3.74. The van der Waals surface area contributed by atoms with Gasteiger partial charge < -0.3 is 10.2 Å². The Hall–Kier alpha value is -2.00. The average Bonchev–Trinajstić information content (AvgIpc) is 3.00. The lowest BCUT2D eigenvalue weighted by Crippen LogP contribution is -2.34. The van der Waals surface area contributed by atoms with E-state index in [2.05, 4.69) is 5.32 Å². The second-order valence-electron chi connectivity index (χ2n) is 5.65. The fraction of sp³-hybridized carbons (Fsp3) is 0.278. The zero-order valence-electron chi connectivity index (χ0n) is 12.6. The van der Waals surface area contributed by atoms with Crippen LogP contribution in [0.5, 0.6) is 0 Å². The van der Waals surface area contributed by atoms with Crippen molar-refractivity contribution in [1.82, 2.24) is 4.90 Å². The van der Waals surface area contributed by atoms with Gasteiger partial charge in [-0.05, 0) is 49.1 Å². The summed E-state index contributed by atoms with van der Waals surface area (Å²) in [6.45, 7) is 2.78. The van der Waals surface area contributed by atoms with Gasteiger partial charge >= 0.3 is 6.03 Å². The summed E-state index contributed by atoms with van der Waals surface area (Å²) in [7, 11) is 0. The molecule has 1 atom stereocenters. The molecule has 114 valence electrons. The first-order valence-electron chi connectivity index (χ1n) is 7.54. The maximum absolute atomic E-state index is 12.6. The number of carbonyl (C=O) groups is 1. The van der Waals surface area contributed by atoms with Crippen LogP contribution in [0.25, 0.3) is 0 Å². The quantitative estimate of drug-likeness (QED) is 0.829. The van der Waals surface area contributed by atoms with Crippen molar-refractivity contribution in [2.45, 2.75) is 25.8 Å². The first-order chi connectivity index (χ1) is 10.6. The second kappa shape index (κ2) is 6.41. The summed E-state index contributed by atoms with van der Waals surface area (Å²) < 4.78 is 0. The third-order valence-corrected chi connectivity index (χ3v) is 4.41. The SMILES string of the molecule is Cc1ccccc1NC(=O)N1CCC[C@@H]1c1ccc(Cl)cc1. The van der Waals surface area contributed by atoms with Crippen molar-refractivity contribution in [1.29, 1.82) is 0 Å². The Morgan fingerprint density at radius 1 is 1.18 bits per heavy atom. The molecule has 1 N–H and O–H groups in total. The maximum atomic E-state index is 12.6. The Labute approximate surface area is 135 Å². The molecule has 0 spiro atoms. The number of nitrogens with zero attached hydrogens (tertiary/aromatic N) is 1. The minimum absolute atomic E-state index is 0.0354. The van der Waals surface area contributed by atoms with E-state index in [9.17, 15) is 4.79 Å². The van der Waals surface area contributed by atoms with Crippen LogP contribution >= 0.6 is 11.6 Å². The monoisotopic (exact) mass is 314 g/mol. The highest BCUT2D eigenvalue weighted by molar-refractivity contribution is 6.30. The Morgan fingerprint density at radius 3 is 2.64 bits per heavy atom. The second-order valence-corrected chi connectivity index (χ2v) is 6.08. The Kier molecular flexibility index (Phi) is 4.34. The molecule has 1 aliphatic rings. The van der Waals surface area contributed by atoms with Crippen LogP contribution in [0.2, 0.25) is 5.02 Å². The molecular formula is C18H19ClN2O. The molecule has 2 aromatic carbocycles. The van der Waals surface area contributed by atoms with Gasteiger partial charge in [-0.25, -0.2) is 4.79 Å². The zero-order chi connectivity index (χ0) is 15.5. The third-order valence-electron chi connectivity index (χ3n) is 4.16. The molecule has 1 heterocycles. The van der Waals surface area contributed by atoms with Crippen LogP contribution in [-0.4, -0.2) is 17.5 Å². The summed E-state index contributed by atoms with van der Waals surface area (Å²) in [4.78, 5) is 14.5. The van der Waals surface area contributed by atoms with Crippen LogP contribution in [0.15, 0.2) is 48.5 Å². The minimum atomic E-state index is -0.0354. The molecular weight excluding hydrogens is 296 g/mol. The van der Waals surface area contributed by atoms with Crippen LogP contribution in [0.3, 0.4) is 0 Å². The number of para-hydroxylation sites is 1. The van der Waals surface area contributed by atoms with E-state index >= 15 is 0 Å². The molecule has 1 fully saturated rings. The van der Waals surface area contributed by atoms with Gasteiger partial charge in [0.05, 0.1) is 6.04 Å². The Balaban J connectivity index is 1.76. The summed E-state index contributed by atoms with van der Waals surface area (Å²) in [5.41, 5.74) is 3.08. The first-order valence-corrected chi connectivity index (χ1v) is 7.91. The molecule has 0 aliphatic carbocycles. The van der Waals surface area contributed by atoms with Crippen LogP contribution in [-0.2, 0) is 0 Å². The molecule has 1 saturated heterocycles. The number of hydrogen-bond donors (Lipinski definition) is 1. The summed E-state index contributed by atoms with van der Waals surface area (Å²) in [5.74, 6) is 0. The zero-order valence-corrected chi connectivity index (χ0v) is 13.3. The van der Waals surface area contributed by atoms with E-state index in [1.165, 1.54) is 0 Å². The highest BCUT2D eigenvalue weighted by Crippen LogP contribution is 2.33. The van der Waals surface area contributed by atoms with Gasteiger partial charge in [0.1, 0.15) is 0 Å². The number of carbonyl (C=O) groups excluding carboxylic acids is 1. The molecule has 0 bridgehead atoms. The fourth-order valence-corrected chi connectivity index (χ4v) is 3.07. The standard InChI is InChI=1S/C18H19ClN2O/c1-13-5-2-3-6-16(13)20-18(22)21-12-4-7-17(21)14-8-10-15(19)11-9-14/h2-3,5-6,8-11,17H,4,7,12H2,1H3,(H,20,22)/t17-/m1/s1. The number of amides is 2. The van der Waals surface area contributed by atoms with Crippen molar-refractivity contribution in [2.24, 2.45) is 0 Å². The van der Waals surface area contributed by atoms with Gasteiger partial charge in [-0.15, -0.1) is 0 Å². The number of rotatable bonds is 2. The van der Waals surface area contributed by atoms with Gasteiger partial charge in [0.2, 0.25) is 0 Å². The summed E-state index contributed by atoms with van der Waals surface area (Å²) in [6, 6.07) is 15.7. The molecule has 22 heavy (non-hydrogen) atoms. The van der Waals surface area contributed by atoms with E-state index in [0.29, 0.717) is 0 Å². The molecule has 0 unspecified atom stereocenters. The van der Waals surface area contributed by atoms with Crippen molar-refractivity contribution in [3.05, 3.63) is 64.7 Å². The molecule has 0 saturated carbocycles. The number of urea groups is 1. The topological polar surface area (TPSA) is 32.3 Å². The van der Waals surface area contributed by atoms with Crippen molar-refractivity contribution in [3.8, 4) is 0 Å². The van der Waals surface area contributed by atoms with E-state index in [-0.39, 0.29) is 12.1 Å². The van der Waals surface area contributed by atoms with Crippen LogP contribution in [0.4, 0.5) is 10.5 Å². The summed E-state index contributed by atoms with van der Waals surface area (Å²) >= 11 is 5.95. The van der Waals surface area contributed by atoms with E-state index in [1.54, 1.807) is 0 Å². The minimum Gasteiger partial charge on any atom is -0.317 e. The number of benzene rings is 2. The lowest BCUT2D eigenvalue weighted by Gasteiger charge is -2.25. The number of anilines is 1. The molecule has 3 nitrogen and oxygen atoms in total. The number of halogens is 1. The molecule has 2 amide bonds. The van der Waals surface area contributed by atoms with Gasteiger partial charge in [0.25, 0.3) is 0 Å². The number of aryl methyl sites for hydroxylation is 1. The van der Waals surface area contributed by atoms with E-state index < -0.39 is 0 Å². The predicted molar refractivity (Wildman–Crippen MR) is 90.3 cm³/mol. The van der Waals surface area contributed by atoms with E-state index in [1.807, 2.05) is 60.4 Å². The largest absolute Gasteiger partial charge is 0.322 e. The number of hydrogen-bond acceptors (Lipinski definition) is 1. The predicted octanol–water partition coefficient (Wildman–Crippen LogP) is 5.02. The van der Waals surface area contributed by atoms with Crippen molar-refractivity contribution < 1.29 is 4.79 Å². The van der Waals surface area contributed by atoms with Gasteiger partial charge in [0, 0.05) is 17.3 Å². The van der Waals surface area contributed by atoms with Gasteiger partial charge in [0.15, 0.2) is 0 Å². The Morgan fingerprint density at radius 2 is 1.91 bits per heavy atom. The van der Waals surface area contributed by atoms with Gasteiger partial charge in [-0.1, -0.05) is 41.9 Å². The first kappa shape index (κ1) is 14.9. The summed E-state index contributed by atoms with van der Waals surface area (Å²) in [6.07, 6.45) is 2.01. The molecule has 0 aromatic heterocycles.